The summed E-state index contributed by atoms with van der Waals surface area (Å²) in [5.41, 5.74) is 0. The second kappa shape index (κ2) is 6.41. The highest BCUT2D eigenvalue weighted by Gasteiger charge is 2.38. The molecule has 2 heterocycles. The fraction of sp³-hybridized carbons (Fsp3) is 0.923. The number of nitrogens with zero attached hydrogens (tertiary/aromatic N) is 1. The number of nitrogens with one attached hydrogen (secondary N) is 1. The van der Waals surface area contributed by atoms with Crippen LogP contribution >= 0.6 is 0 Å². The molecule has 2 N–H and O–H groups in total. The van der Waals surface area contributed by atoms with Crippen molar-refractivity contribution in [2.75, 3.05) is 19.3 Å². The van der Waals surface area contributed by atoms with Gasteiger partial charge in [-0.05, 0) is 45.1 Å². The maximum absolute atomic E-state index is 11.8. The Labute approximate surface area is 120 Å². The smallest absolute Gasteiger partial charge is 0.303 e. The molecule has 7 heteroatoms. The van der Waals surface area contributed by atoms with E-state index in [2.05, 4.69) is 16.7 Å². The Morgan fingerprint density at radius 2 is 1.90 bits per heavy atom. The zero-order chi connectivity index (χ0) is 14.8. The van der Waals surface area contributed by atoms with E-state index in [9.17, 15) is 13.2 Å². The summed E-state index contributed by atoms with van der Waals surface area (Å²) >= 11 is 0. The number of carbonyl (C=O) groups is 1. The number of carboxylic acid groups (broad SMARTS) is 1. The molecule has 2 unspecified atom stereocenters. The van der Waals surface area contributed by atoms with Crippen molar-refractivity contribution in [3.63, 3.8) is 0 Å². The normalized spacial score (nSPS) is 30.6. The van der Waals surface area contributed by atoms with Crippen molar-refractivity contribution in [3.05, 3.63) is 0 Å². The summed E-state index contributed by atoms with van der Waals surface area (Å²) < 4.78 is 26.2. The molecule has 116 valence electrons. The lowest BCUT2D eigenvalue weighted by atomic mass is 9.91. The van der Waals surface area contributed by atoms with Gasteiger partial charge in [0.05, 0.1) is 5.75 Å². The Morgan fingerprint density at radius 1 is 1.30 bits per heavy atom. The predicted octanol–water partition coefficient (Wildman–Crippen LogP) is 0.643. The zero-order valence-electron chi connectivity index (χ0n) is 11.9. The van der Waals surface area contributed by atoms with Crippen LogP contribution in [0.2, 0.25) is 0 Å². The minimum absolute atomic E-state index is 0.0979. The van der Waals surface area contributed by atoms with Gasteiger partial charge in [-0.25, -0.2) is 13.1 Å². The molecule has 0 aromatic heterocycles. The van der Waals surface area contributed by atoms with Crippen LogP contribution in [0, 0.1) is 5.92 Å². The lowest BCUT2D eigenvalue weighted by molar-refractivity contribution is -0.137. The van der Waals surface area contributed by atoms with Gasteiger partial charge in [0.25, 0.3) is 0 Å². The van der Waals surface area contributed by atoms with Crippen molar-refractivity contribution in [2.45, 2.75) is 50.6 Å². The van der Waals surface area contributed by atoms with Gasteiger partial charge in [0, 0.05) is 25.0 Å². The maximum Gasteiger partial charge on any atom is 0.303 e. The summed E-state index contributed by atoms with van der Waals surface area (Å²) in [6.45, 7) is 0.496. The van der Waals surface area contributed by atoms with Gasteiger partial charge < -0.3 is 10.0 Å². The topological polar surface area (TPSA) is 86.7 Å². The first-order valence-electron chi connectivity index (χ1n) is 7.28. The van der Waals surface area contributed by atoms with Crippen LogP contribution in [0.3, 0.4) is 0 Å². The largest absolute Gasteiger partial charge is 0.481 e. The monoisotopic (exact) mass is 304 g/mol. The molecular formula is C13H24N2O4S. The van der Waals surface area contributed by atoms with Gasteiger partial charge in [0.2, 0.25) is 10.0 Å². The molecule has 2 fully saturated rings. The number of hydrogen-bond acceptors (Lipinski definition) is 4. The summed E-state index contributed by atoms with van der Waals surface area (Å²) in [7, 11) is -1.17. The van der Waals surface area contributed by atoms with Gasteiger partial charge in [-0.3, -0.25) is 4.79 Å². The van der Waals surface area contributed by atoms with Gasteiger partial charge in [-0.15, -0.1) is 0 Å². The van der Waals surface area contributed by atoms with E-state index in [1.54, 1.807) is 0 Å². The number of rotatable bonds is 7. The molecule has 2 aliphatic heterocycles. The van der Waals surface area contributed by atoms with Crippen LogP contribution in [0.1, 0.15) is 38.5 Å². The average molecular weight is 304 g/mol. The molecular weight excluding hydrogens is 280 g/mol. The summed E-state index contributed by atoms with van der Waals surface area (Å²) in [4.78, 5) is 12.8. The molecule has 2 aliphatic rings. The third-order valence-electron chi connectivity index (χ3n) is 4.59. The van der Waals surface area contributed by atoms with Crippen LogP contribution in [0.25, 0.3) is 0 Å². The van der Waals surface area contributed by atoms with Crippen LogP contribution in [0.5, 0.6) is 0 Å². The molecule has 2 atom stereocenters. The second-order valence-electron chi connectivity index (χ2n) is 6.05. The second-order valence-corrected chi connectivity index (χ2v) is 7.98. The Hall–Kier alpha value is -0.660. The number of aliphatic carboxylic acids is 1. The molecule has 20 heavy (non-hydrogen) atoms. The van der Waals surface area contributed by atoms with Gasteiger partial charge in [0.15, 0.2) is 0 Å². The maximum atomic E-state index is 11.8. The van der Waals surface area contributed by atoms with Crippen molar-refractivity contribution in [1.82, 2.24) is 9.62 Å². The van der Waals surface area contributed by atoms with Crippen molar-refractivity contribution in [1.29, 1.82) is 0 Å². The van der Waals surface area contributed by atoms with Crippen molar-refractivity contribution >= 4 is 16.0 Å². The molecule has 0 spiro atoms. The molecule has 0 amide bonds. The van der Waals surface area contributed by atoms with E-state index < -0.39 is 16.0 Å². The Kier molecular flexibility index (Phi) is 5.04. The number of fused-ring (bicyclic) bond motifs is 2. The number of carboxylic acids is 1. The first-order chi connectivity index (χ1) is 9.37. The quantitative estimate of drug-likeness (QED) is 0.721. The van der Waals surface area contributed by atoms with Crippen molar-refractivity contribution < 1.29 is 18.3 Å². The molecule has 0 radical (unpaired) electrons. The standard InChI is InChI=1S/C13H24N2O4S/c1-15-11-4-5-12(15)8-10(7-11)9-14-20(18,19)6-2-3-13(16)17/h10-12,14H,2-9H2,1H3,(H,16,17). The Morgan fingerprint density at radius 3 is 2.45 bits per heavy atom. The van der Waals surface area contributed by atoms with Gasteiger partial charge in [-0.2, -0.15) is 0 Å². The summed E-state index contributed by atoms with van der Waals surface area (Å²) in [6.07, 6.45) is 4.64. The zero-order valence-corrected chi connectivity index (χ0v) is 12.7. The van der Waals surface area contributed by atoms with E-state index in [0.717, 1.165) is 12.8 Å². The summed E-state index contributed by atoms with van der Waals surface area (Å²) in [6, 6.07) is 1.21. The van der Waals surface area contributed by atoms with Gasteiger partial charge >= 0.3 is 5.97 Å². The van der Waals surface area contributed by atoms with Crippen molar-refractivity contribution in [3.8, 4) is 0 Å². The third kappa shape index (κ3) is 4.17. The first-order valence-corrected chi connectivity index (χ1v) is 8.93. The highest BCUT2D eigenvalue weighted by atomic mass is 32.2. The van der Waals surface area contributed by atoms with Crippen LogP contribution in [0.15, 0.2) is 0 Å². The fourth-order valence-corrected chi connectivity index (χ4v) is 4.58. The van der Waals surface area contributed by atoms with Crippen molar-refractivity contribution in [2.24, 2.45) is 5.92 Å². The van der Waals surface area contributed by atoms with E-state index in [0.29, 0.717) is 24.5 Å². The molecule has 0 aromatic rings. The Bertz CT molecular complexity index is 437. The molecule has 2 rings (SSSR count). The van der Waals surface area contributed by atoms with Crippen LogP contribution < -0.4 is 4.72 Å². The lowest BCUT2D eigenvalue weighted by Gasteiger charge is -2.36. The SMILES string of the molecule is CN1C2CCC1CC(CNS(=O)(=O)CCCC(=O)O)C2. The van der Waals surface area contributed by atoms with Crippen LogP contribution in [0.4, 0.5) is 0 Å². The molecule has 0 aromatic carbocycles. The minimum Gasteiger partial charge on any atom is -0.481 e. The van der Waals surface area contributed by atoms with Gasteiger partial charge in [0.1, 0.15) is 0 Å². The van der Waals surface area contributed by atoms with Gasteiger partial charge in [-0.1, -0.05) is 0 Å². The van der Waals surface area contributed by atoms with Crippen LogP contribution in [-0.4, -0.2) is 55.8 Å². The molecule has 0 saturated carbocycles. The molecule has 2 saturated heterocycles. The summed E-state index contributed by atoms with van der Waals surface area (Å²) in [5, 5.41) is 8.51. The van der Waals surface area contributed by atoms with E-state index in [4.69, 9.17) is 5.11 Å². The van der Waals surface area contributed by atoms with E-state index >= 15 is 0 Å². The van der Waals surface area contributed by atoms with E-state index in [1.807, 2.05) is 0 Å². The molecule has 6 nitrogen and oxygen atoms in total. The Balaban J connectivity index is 1.73. The number of hydrogen-bond donors (Lipinski definition) is 2. The number of sulfonamides is 1. The highest BCUT2D eigenvalue weighted by molar-refractivity contribution is 7.89. The molecule has 0 aliphatic carbocycles. The highest BCUT2D eigenvalue weighted by Crippen LogP contribution is 2.37. The lowest BCUT2D eigenvalue weighted by Crippen LogP contribution is -2.43. The first kappa shape index (κ1) is 15.7. The van der Waals surface area contributed by atoms with E-state index in [-0.39, 0.29) is 18.6 Å². The minimum atomic E-state index is -3.33. The molecule has 2 bridgehead atoms. The predicted molar refractivity (Wildman–Crippen MR) is 76.0 cm³/mol. The average Bonchev–Trinajstić information content (AvgIpc) is 2.60. The fourth-order valence-electron chi connectivity index (χ4n) is 3.42. The van der Waals surface area contributed by atoms with E-state index in [1.165, 1.54) is 12.8 Å². The third-order valence-corrected chi connectivity index (χ3v) is 6.02. The summed E-state index contributed by atoms with van der Waals surface area (Å²) in [5.74, 6) is -0.635. The van der Waals surface area contributed by atoms with Crippen LogP contribution in [-0.2, 0) is 14.8 Å². The number of piperidine rings is 1.